The van der Waals surface area contributed by atoms with E-state index >= 15 is 0 Å². The summed E-state index contributed by atoms with van der Waals surface area (Å²) in [5, 5.41) is 4.98. The molecule has 10 aromatic rings. The average Bonchev–Trinajstić information content (AvgIpc) is 3.65. The summed E-state index contributed by atoms with van der Waals surface area (Å²) in [7, 11) is -0.952. The van der Waals surface area contributed by atoms with Crippen LogP contribution in [-0.4, -0.2) is 45.2 Å². The quantitative estimate of drug-likeness (QED) is 0.0908. The molecule has 0 N–H and O–H groups in total. The fraction of sp³-hybridized carbons (Fsp3) is 0.245. The predicted octanol–water partition coefficient (Wildman–Crippen LogP) is 10.6. The highest BCUT2D eigenvalue weighted by molar-refractivity contribution is 9.10. The first-order valence-electron chi connectivity index (χ1n) is 22.1. The zero-order valence-electron chi connectivity index (χ0n) is 38.6. The number of para-hydroxylation sites is 4. The van der Waals surface area contributed by atoms with Gasteiger partial charge < -0.3 is 27.4 Å². The molecule has 6 heterocycles. The number of aromatic nitrogens is 2. The zero-order valence-corrected chi connectivity index (χ0v) is 40.2. The number of hydrogen-bond acceptors (Lipinski definition) is 8. The molecule has 2 aliphatic heterocycles. The minimum atomic E-state index is -0.476. The van der Waals surface area contributed by atoms with E-state index in [-0.39, 0.29) is 48.8 Å². The highest BCUT2D eigenvalue weighted by Crippen LogP contribution is 2.43. The molecule has 12 rings (SSSR count). The van der Waals surface area contributed by atoms with Crippen LogP contribution in [0, 0.1) is 6.92 Å². The van der Waals surface area contributed by atoms with Crippen molar-refractivity contribution in [3.8, 4) is 0 Å². The van der Waals surface area contributed by atoms with Crippen molar-refractivity contribution in [2.75, 3.05) is 0 Å². The van der Waals surface area contributed by atoms with Crippen LogP contribution in [0.25, 0.3) is 76.2 Å². The SMILES string of the molecule is CC1(C)OB(B2OC(C)(C)C(C)(C)O2)OC1(C)C.Cc1ccc2c(c1)c(=O)c1cccc3c(=O)c4ccccc4n2c31.F.O=c1c2ccccc2n2c3ccc(Br)cc3c(=O)c3cccc1c32. The molecule has 0 radical (unpaired) electrons. The van der Waals surface area contributed by atoms with E-state index in [9.17, 15) is 19.2 Å². The number of fused-ring (bicyclic) bond motifs is 8. The minimum Gasteiger partial charge on any atom is -0.405 e. The first-order chi connectivity index (χ1) is 31.2. The Morgan fingerprint density at radius 3 is 1.12 bits per heavy atom. The normalized spacial score (nSPS) is 17.1. The molecule has 2 fully saturated rings. The van der Waals surface area contributed by atoms with Crippen molar-refractivity contribution in [3.63, 3.8) is 0 Å². The molecule has 0 saturated carbocycles. The van der Waals surface area contributed by atoms with Gasteiger partial charge in [-0.1, -0.05) is 64.0 Å². The Hall–Kier alpha value is -6.02. The van der Waals surface area contributed by atoms with Gasteiger partial charge in [0.25, 0.3) is 0 Å². The summed E-state index contributed by atoms with van der Waals surface area (Å²) in [6.07, 6.45) is 0. The third kappa shape index (κ3) is 7.15. The molecule has 338 valence electrons. The second-order valence-corrected chi connectivity index (χ2v) is 20.3. The van der Waals surface area contributed by atoms with E-state index in [4.69, 9.17) is 18.6 Å². The lowest BCUT2D eigenvalue weighted by molar-refractivity contribution is 0.00578. The Balaban J connectivity index is 0.000000127. The third-order valence-corrected chi connectivity index (χ3v) is 14.6. The van der Waals surface area contributed by atoms with Crippen molar-refractivity contribution in [2.24, 2.45) is 0 Å². The predicted molar refractivity (Wildman–Crippen MR) is 274 cm³/mol. The highest BCUT2D eigenvalue weighted by Gasteiger charge is 2.63. The maximum absolute atomic E-state index is 13.0. The second kappa shape index (κ2) is 16.1. The monoisotopic (exact) mass is 960 g/mol. The topological polar surface area (TPSA) is 114 Å². The zero-order chi connectivity index (χ0) is 46.8. The van der Waals surface area contributed by atoms with E-state index < -0.39 is 14.0 Å². The number of halogens is 2. The van der Waals surface area contributed by atoms with Crippen molar-refractivity contribution < 1.29 is 23.3 Å². The van der Waals surface area contributed by atoms with Crippen molar-refractivity contribution in [1.82, 2.24) is 8.80 Å². The molecule has 6 aromatic carbocycles. The van der Waals surface area contributed by atoms with E-state index in [1.807, 2.05) is 152 Å². The van der Waals surface area contributed by atoms with Gasteiger partial charge in [-0.25, -0.2) is 0 Å². The number of benzene rings is 6. The van der Waals surface area contributed by atoms with Gasteiger partial charge in [0, 0.05) is 47.6 Å². The van der Waals surface area contributed by atoms with Gasteiger partial charge in [-0.2, -0.15) is 0 Å². The lowest BCUT2D eigenvalue weighted by Crippen LogP contribution is -2.41. The summed E-state index contributed by atoms with van der Waals surface area (Å²) in [5.41, 5.74) is 4.18. The molecule has 14 heteroatoms. The maximum atomic E-state index is 13.0. The van der Waals surface area contributed by atoms with Crippen LogP contribution in [-0.2, 0) is 18.6 Å². The Kier molecular flexibility index (Phi) is 11.1. The summed E-state index contributed by atoms with van der Waals surface area (Å²) in [5.74, 6) is 0. The number of nitrogens with zero attached hydrogens (tertiary/aromatic N) is 2. The number of aryl methyl sites for hydroxylation is 1. The average molecular weight is 961 g/mol. The van der Waals surface area contributed by atoms with Gasteiger partial charge in [0.15, 0.2) is 21.7 Å². The number of hydrogen-bond donors (Lipinski definition) is 0. The Labute approximate surface area is 393 Å². The molecule has 2 aliphatic rings. The van der Waals surface area contributed by atoms with Gasteiger partial charge in [0.2, 0.25) is 0 Å². The molecule has 0 atom stereocenters. The highest BCUT2D eigenvalue weighted by atomic mass is 79.9. The molecule has 67 heavy (non-hydrogen) atoms. The summed E-state index contributed by atoms with van der Waals surface area (Å²) >= 11 is 3.44. The summed E-state index contributed by atoms with van der Waals surface area (Å²) in [4.78, 5) is 51.7. The van der Waals surface area contributed by atoms with Crippen LogP contribution in [0.1, 0.15) is 61.0 Å². The molecule has 4 aromatic heterocycles. The van der Waals surface area contributed by atoms with Crippen LogP contribution in [0.4, 0.5) is 4.70 Å². The lowest BCUT2D eigenvalue weighted by atomic mass is 9.49. The van der Waals surface area contributed by atoms with E-state index in [1.165, 1.54) is 0 Å². The number of rotatable bonds is 1. The maximum Gasteiger partial charge on any atom is 0.488 e. The van der Waals surface area contributed by atoms with Crippen LogP contribution < -0.4 is 21.7 Å². The van der Waals surface area contributed by atoms with E-state index in [0.29, 0.717) is 54.1 Å². The van der Waals surface area contributed by atoms with Crippen molar-refractivity contribution in [3.05, 3.63) is 172 Å². The van der Waals surface area contributed by atoms with Crippen LogP contribution in [0.3, 0.4) is 0 Å². The van der Waals surface area contributed by atoms with Crippen LogP contribution in [0.5, 0.6) is 0 Å². The van der Waals surface area contributed by atoms with E-state index in [2.05, 4.69) is 20.3 Å². The van der Waals surface area contributed by atoms with E-state index in [0.717, 1.165) is 32.1 Å². The first-order valence-corrected chi connectivity index (χ1v) is 22.9. The van der Waals surface area contributed by atoms with Gasteiger partial charge in [-0.05, 0) is 141 Å². The Bertz CT molecular complexity index is 3610. The number of pyridine rings is 4. The molecule has 0 bridgehead atoms. The molecule has 0 unspecified atom stereocenters. The third-order valence-electron chi connectivity index (χ3n) is 14.1. The van der Waals surface area contributed by atoms with Gasteiger partial charge in [0.05, 0.1) is 55.5 Å². The Morgan fingerprint density at radius 1 is 0.403 bits per heavy atom. The smallest absolute Gasteiger partial charge is 0.405 e. The van der Waals surface area contributed by atoms with Crippen LogP contribution in [0.2, 0.25) is 0 Å². The second-order valence-electron chi connectivity index (χ2n) is 19.4. The summed E-state index contributed by atoms with van der Waals surface area (Å²) < 4.78 is 28.8. The Morgan fingerprint density at radius 2 is 0.716 bits per heavy atom. The van der Waals surface area contributed by atoms with E-state index in [1.54, 1.807) is 36.4 Å². The fourth-order valence-electron chi connectivity index (χ4n) is 9.26. The summed E-state index contributed by atoms with van der Waals surface area (Å²) in [6.45, 7) is 18.2. The largest absolute Gasteiger partial charge is 0.488 e. The fourth-order valence-corrected chi connectivity index (χ4v) is 9.62. The minimum absolute atomic E-state index is 0. The van der Waals surface area contributed by atoms with Crippen LogP contribution >= 0.6 is 15.9 Å². The molecular formula is C53H48B2BrFN2O8. The van der Waals surface area contributed by atoms with Gasteiger partial charge >= 0.3 is 14.0 Å². The van der Waals surface area contributed by atoms with Crippen molar-refractivity contribution in [1.29, 1.82) is 0 Å². The molecular weight excluding hydrogens is 913 g/mol. The van der Waals surface area contributed by atoms with Gasteiger partial charge in [0.1, 0.15) is 0 Å². The molecule has 2 saturated heterocycles. The van der Waals surface area contributed by atoms with Gasteiger partial charge in [-0.15, -0.1) is 0 Å². The molecule has 10 nitrogen and oxygen atoms in total. The molecule has 0 amide bonds. The standard InChI is InChI=1S/C21H13NO2.C20H10BrNO2.C12H24B2O4.FH/c1-12-9-10-18-16(11-12)21(24)15-7-4-6-14-19(15)22(18)17-8-3-2-5-13(17)20(14)23;21-11-8-9-17-15(10-11)20(24)14-6-3-5-13-18(14)22(17)16-7-2-1-4-12(16)19(13)23;1-9(2)10(3,4)16-13(15-9)14-17-11(5,6)12(7,8)18-14;/h2-11H,1H3;1-10H;1-8H3;1H. The molecule has 0 aliphatic carbocycles. The summed E-state index contributed by atoms with van der Waals surface area (Å²) in [6, 6.07) is 37.4. The van der Waals surface area contributed by atoms with Crippen LogP contribution in [0.15, 0.2) is 145 Å². The lowest BCUT2D eigenvalue weighted by Gasteiger charge is -2.32. The molecule has 0 spiro atoms. The van der Waals surface area contributed by atoms with Gasteiger partial charge in [-0.3, -0.25) is 23.9 Å². The van der Waals surface area contributed by atoms with Crippen molar-refractivity contribution >= 4 is 106 Å². The van der Waals surface area contributed by atoms with Crippen molar-refractivity contribution in [2.45, 2.75) is 84.7 Å². The first kappa shape index (κ1) is 46.1.